The van der Waals surface area contributed by atoms with Crippen molar-refractivity contribution in [3.63, 3.8) is 0 Å². The molecular weight excluding hydrogens is 223 g/mol. The zero-order valence-corrected chi connectivity index (χ0v) is 10.7. The second kappa shape index (κ2) is 5.83. The van der Waals surface area contributed by atoms with Gasteiger partial charge in [-0.15, -0.1) is 0 Å². The molecule has 2 atom stereocenters. The highest BCUT2D eigenvalue weighted by Crippen LogP contribution is 2.13. The van der Waals surface area contributed by atoms with Gasteiger partial charge in [-0.05, 0) is 31.2 Å². The lowest BCUT2D eigenvalue weighted by molar-refractivity contribution is -0.144. The SMILES string of the molecule is COC(=O)[C@H](Cc1ccc(N)cc1)N(C)P. The minimum Gasteiger partial charge on any atom is -0.468 e. The summed E-state index contributed by atoms with van der Waals surface area (Å²) in [6.45, 7) is 0. The topological polar surface area (TPSA) is 55.6 Å². The van der Waals surface area contributed by atoms with E-state index in [1.54, 1.807) is 4.67 Å². The van der Waals surface area contributed by atoms with E-state index in [1.807, 2.05) is 31.3 Å². The number of rotatable bonds is 4. The summed E-state index contributed by atoms with van der Waals surface area (Å²) < 4.78 is 6.52. The van der Waals surface area contributed by atoms with Crippen LogP contribution in [0.2, 0.25) is 0 Å². The Bertz CT molecular complexity index is 352. The van der Waals surface area contributed by atoms with E-state index in [-0.39, 0.29) is 12.0 Å². The summed E-state index contributed by atoms with van der Waals surface area (Å²) in [6.07, 6.45) is 0.604. The number of esters is 1. The van der Waals surface area contributed by atoms with E-state index in [0.29, 0.717) is 6.42 Å². The normalized spacial score (nSPS) is 12.5. The molecule has 0 saturated heterocycles. The number of carbonyl (C=O) groups is 1. The van der Waals surface area contributed by atoms with Crippen molar-refractivity contribution in [2.24, 2.45) is 0 Å². The summed E-state index contributed by atoms with van der Waals surface area (Å²) in [5.41, 5.74) is 7.37. The van der Waals surface area contributed by atoms with Gasteiger partial charge in [0.2, 0.25) is 0 Å². The molecule has 0 radical (unpaired) electrons. The average Bonchev–Trinajstić information content (AvgIpc) is 2.27. The van der Waals surface area contributed by atoms with Gasteiger partial charge >= 0.3 is 5.97 Å². The molecule has 5 heteroatoms. The Morgan fingerprint density at radius 3 is 2.50 bits per heavy atom. The van der Waals surface area contributed by atoms with Crippen LogP contribution in [-0.4, -0.2) is 30.8 Å². The first kappa shape index (κ1) is 12.9. The van der Waals surface area contributed by atoms with Crippen LogP contribution in [0.4, 0.5) is 5.69 Å². The molecular formula is C11H17N2O2P. The van der Waals surface area contributed by atoms with Crippen LogP contribution in [0.25, 0.3) is 0 Å². The molecule has 1 unspecified atom stereocenters. The molecule has 0 spiro atoms. The van der Waals surface area contributed by atoms with Crippen molar-refractivity contribution in [1.82, 2.24) is 4.67 Å². The number of likely N-dealkylation sites (N-methyl/N-ethyl adjacent to an activating group) is 1. The van der Waals surface area contributed by atoms with Crippen LogP contribution in [0.5, 0.6) is 0 Å². The Labute approximate surface area is 98.0 Å². The fourth-order valence-corrected chi connectivity index (χ4v) is 1.63. The summed E-state index contributed by atoms with van der Waals surface area (Å²) in [5.74, 6) is -0.241. The predicted molar refractivity (Wildman–Crippen MR) is 67.8 cm³/mol. The predicted octanol–water partition coefficient (Wildman–Crippen LogP) is 1.07. The zero-order valence-electron chi connectivity index (χ0n) is 9.51. The Kier molecular flexibility index (Phi) is 4.71. The van der Waals surface area contributed by atoms with Crippen LogP contribution in [0.15, 0.2) is 24.3 Å². The highest BCUT2D eigenvalue weighted by Gasteiger charge is 2.21. The number of nitrogens with two attached hydrogens (primary N) is 1. The van der Waals surface area contributed by atoms with Crippen LogP contribution < -0.4 is 5.73 Å². The maximum atomic E-state index is 11.5. The van der Waals surface area contributed by atoms with E-state index >= 15 is 0 Å². The molecule has 16 heavy (non-hydrogen) atoms. The molecule has 0 aromatic heterocycles. The van der Waals surface area contributed by atoms with Crippen LogP contribution >= 0.6 is 9.39 Å². The van der Waals surface area contributed by atoms with Crippen LogP contribution in [0.3, 0.4) is 0 Å². The Morgan fingerprint density at radius 1 is 1.50 bits per heavy atom. The number of nitrogen functional groups attached to an aromatic ring is 1. The number of hydrogen-bond donors (Lipinski definition) is 1. The first-order valence-corrected chi connectivity index (χ1v) is 5.46. The monoisotopic (exact) mass is 240 g/mol. The molecule has 0 bridgehead atoms. The Hall–Kier alpha value is -1.12. The average molecular weight is 240 g/mol. The second-order valence-corrected chi connectivity index (χ2v) is 4.46. The molecule has 88 valence electrons. The van der Waals surface area contributed by atoms with Crippen LogP contribution in [0.1, 0.15) is 5.56 Å². The Balaban J connectivity index is 2.75. The minimum atomic E-state index is -0.293. The number of nitrogens with zero attached hydrogens (tertiary/aromatic N) is 1. The molecule has 1 aromatic rings. The van der Waals surface area contributed by atoms with Gasteiger partial charge in [0.1, 0.15) is 6.04 Å². The van der Waals surface area contributed by atoms with Gasteiger partial charge in [-0.3, -0.25) is 9.46 Å². The van der Waals surface area contributed by atoms with Gasteiger partial charge in [-0.25, -0.2) is 0 Å². The van der Waals surface area contributed by atoms with E-state index in [0.717, 1.165) is 11.3 Å². The number of benzene rings is 1. The number of hydrogen-bond acceptors (Lipinski definition) is 4. The third-order valence-electron chi connectivity index (χ3n) is 2.37. The molecule has 0 amide bonds. The third kappa shape index (κ3) is 3.47. The van der Waals surface area contributed by atoms with Gasteiger partial charge in [-0.1, -0.05) is 21.5 Å². The summed E-state index contributed by atoms with van der Waals surface area (Å²) >= 11 is 0. The van der Waals surface area contributed by atoms with Crippen molar-refractivity contribution in [1.29, 1.82) is 0 Å². The van der Waals surface area contributed by atoms with Gasteiger partial charge < -0.3 is 10.5 Å². The standard InChI is InChI=1S/C11H17N2O2P/c1-13(16)10(11(14)15-2)7-8-3-5-9(12)6-4-8/h3-6,10H,7,12,16H2,1-2H3/t10-/m0/s1. The molecule has 0 fully saturated rings. The summed E-state index contributed by atoms with van der Waals surface area (Å²) in [5, 5.41) is 0. The molecule has 4 nitrogen and oxygen atoms in total. The van der Waals surface area contributed by atoms with Gasteiger partial charge in [0, 0.05) is 5.69 Å². The molecule has 2 N–H and O–H groups in total. The summed E-state index contributed by atoms with van der Waals surface area (Å²) in [4.78, 5) is 11.5. The molecule has 0 aliphatic carbocycles. The number of carbonyl (C=O) groups excluding carboxylic acids is 1. The lowest BCUT2D eigenvalue weighted by atomic mass is 10.1. The lowest BCUT2D eigenvalue weighted by Gasteiger charge is -2.21. The molecule has 0 aliphatic heterocycles. The number of methoxy groups -OCH3 is 1. The molecule has 0 saturated carbocycles. The van der Waals surface area contributed by atoms with E-state index in [4.69, 9.17) is 10.5 Å². The van der Waals surface area contributed by atoms with Gasteiger partial charge in [-0.2, -0.15) is 0 Å². The Morgan fingerprint density at radius 2 is 2.06 bits per heavy atom. The van der Waals surface area contributed by atoms with Crippen molar-refractivity contribution >= 4 is 21.0 Å². The largest absolute Gasteiger partial charge is 0.468 e. The smallest absolute Gasteiger partial charge is 0.323 e. The third-order valence-corrected chi connectivity index (χ3v) is 2.73. The van der Waals surface area contributed by atoms with E-state index in [1.165, 1.54) is 7.11 Å². The molecule has 1 aromatic carbocycles. The first-order valence-electron chi connectivity index (χ1n) is 4.94. The van der Waals surface area contributed by atoms with Crippen molar-refractivity contribution in [3.8, 4) is 0 Å². The maximum absolute atomic E-state index is 11.5. The van der Waals surface area contributed by atoms with Gasteiger partial charge in [0.25, 0.3) is 0 Å². The summed E-state index contributed by atoms with van der Waals surface area (Å²) in [7, 11) is 5.70. The first-order chi connectivity index (χ1) is 7.54. The summed E-state index contributed by atoms with van der Waals surface area (Å²) in [6, 6.07) is 7.19. The van der Waals surface area contributed by atoms with E-state index in [9.17, 15) is 4.79 Å². The quantitative estimate of drug-likeness (QED) is 0.486. The van der Waals surface area contributed by atoms with Crippen molar-refractivity contribution in [2.45, 2.75) is 12.5 Å². The van der Waals surface area contributed by atoms with Crippen molar-refractivity contribution in [3.05, 3.63) is 29.8 Å². The molecule has 0 heterocycles. The molecule has 1 rings (SSSR count). The second-order valence-electron chi connectivity index (χ2n) is 3.65. The van der Waals surface area contributed by atoms with Gasteiger partial charge in [0.05, 0.1) is 7.11 Å². The highest BCUT2D eigenvalue weighted by molar-refractivity contribution is 7.13. The fraction of sp³-hybridized carbons (Fsp3) is 0.364. The number of ether oxygens (including phenoxy) is 1. The lowest BCUT2D eigenvalue weighted by Crippen LogP contribution is -2.35. The van der Waals surface area contributed by atoms with Crippen LogP contribution in [0, 0.1) is 0 Å². The molecule has 0 aliphatic rings. The fourth-order valence-electron chi connectivity index (χ4n) is 1.41. The van der Waals surface area contributed by atoms with E-state index in [2.05, 4.69) is 9.39 Å². The van der Waals surface area contributed by atoms with E-state index < -0.39 is 0 Å². The maximum Gasteiger partial charge on any atom is 0.323 e. The minimum absolute atomic E-state index is 0.241. The van der Waals surface area contributed by atoms with Crippen molar-refractivity contribution < 1.29 is 9.53 Å². The van der Waals surface area contributed by atoms with Gasteiger partial charge in [0.15, 0.2) is 0 Å². The number of anilines is 1. The van der Waals surface area contributed by atoms with Crippen LogP contribution in [-0.2, 0) is 16.0 Å². The van der Waals surface area contributed by atoms with Crippen molar-refractivity contribution in [2.75, 3.05) is 19.9 Å². The zero-order chi connectivity index (χ0) is 12.1. The highest BCUT2D eigenvalue weighted by atomic mass is 31.0.